The lowest BCUT2D eigenvalue weighted by Gasteiger charge is -2.10. The molecule has 0 amide bonds. The van der Waals surface area contributed by atoms with E-state index >= 15 is 0 Å². The van der Waals surface area contributed by atoms with Gasteiger partial charge in [-0.1, -0.05) is 13.8 Å². The van der Waals surface area contributed by atoms with Crippen LogP contribution in [0.2, 0.25) is 0 Å². The van der Waals surface area contributed by atoms with E-state index in [0.717, 1.165) is 0 Å². The number of imidazole rings is 1. The van der Waals surface area contributed by atoms with Gasteiger partial charge >= 0.3 is 0 Å². The fourth-order valence-corrected chi connectivity index (χ4v) is 0.755. The molecule has 1 aromatic heterocycles. The topological polar surface area (TPSA) is 48.9 Å². The molecule has 0 saturated heterocycles. The highest BCUT2D eigenvalue weighted by molar-refractivity contribution is 4.92. The molecule has 0 aliphatic heterocycles. The third kappa shape index (κ3) is 1.36. The zero-order chi connectivity index (χ0) is 7.56. The summed E-state index contributed by atoms with van der Waals surface area (Å²) in [4.78, 5) is 6.79. The van der Waals surface area contributed by atoms with Crippen molar-refractivity contribution in [3.8, 4) is 0 Å². The van der Waals surface area contributed by atoms with Crippen LogP contribution >= 0.6 is 0 Å². The molecule has 0 aliphatic rings. The Balaban J connectivity index is 2.68. The first-order valence-electron chi connectivity index (χ1n) is 3.39. The number of nitrogens with one attached hydrogen (secondary N) is 1. The smallest absolute Gasteiger partial charge is 0.135 e. The van der Waals surface area contributed by atoms with Gasteiger partial charge in [-0.05, 0) is 5.92 Å². The van der Waals surface area contributed by atoms with E-state index < -0.39 is 6.10 Å². The van der Waals surface area contributed by atoms with Crippen LogP contribution in [0.25, 0.3) is 0 Å². The Labute approximate surface area is 60.1 Å². The molecule has 0 aromatic carbocycles. The van der Waals surface area contributed by atoms with E-state index in [1.165, 1.54) is 0 Å². The zero-order valence-corrected chi connectivity index (χ0v) is 6.20. The predicted octanol–water partition coefficient (Wildman–Crippen LogP) is 1.10. The fourth-order valence-electron chi connectivity index (χ4n) is 0.755. The number of H-pyrrole nitrogens is 1. The highest BCUT2D eigenvalue weighted by atomic mass is 16.3. The van der Waals surface area contributed by atoms with Crippen LogP contribution < -0.4 is 0 Å². The highest BCUT2D eigenvalue weighted by Gasteiger charge is 2.12. The van der Waals surface area contributed by atoms with Gasteiger partial charge in [-0.2, -0.15) is 0 Å². The van der Waals surface area contributed by atoms with Crippen molar-refractivity contribution >= 4 is 0 Å². The van der Waals surface area contributed by atoms with Crippen LogP contribution in [-0.2, 0) is 0 Å². The number of aliphatic hydroxyl groups excluding tert-OH is 1. The van der Waals surface area contributed by atoms with Gasteiger partial charge in [0.2, 0.25) is 0 Å². The summed E-state index contributed by atoms with van der Waals surface area (Å²) in [6.07, 6.45) is 2.89. The molecule has 1 atom stereocenters. The first-order chi connectivity index (χ1) is 4.72. The van der Waals surface area contributed by atoms with E-state index in [-0.39, 0.29) is 5.92 Å². The summed E-state index contributed by atoms with van der Waals surface area (Å²) in [5.74, 6) is 0.862. The van der Waals surface area contributed by atoms with Crippen molar-refractivity contribution < 1.29 is 5.11 Å². The van der Waals surface area contributed by atoms with Crippen molar-refractivity contribution in [2.75, 3.05) is 0 Å². The third-order valence-electron chi connectivity index (χ3n) is 1.43. The molecule has 0 aliphatic carbocycles. The summed E-state index contributed by atoms with van der Waals surface area (Å²) in [7, 11) is 0. The second kappa shape index (κ2) is 2.84. The number of hydrogen-bond donors (Lipinski definition) is 2. The first kappa shape index (κ1) is 7.28. The predicted molar refractivity (Wildman–Crippen MR) is 38.4 cm³/mol. The van der Waals surface area contributed by atoms with Crippen molar-refractivity contribution in [1.82, 2.24) is 9.97 Å². The van der Waals surface area contributed by atoms with Crippen LogP contribution in [0.4, 0.5) is 0 Å². The second-order valence-corrected chi connectivity index (χ2v) is 2.66. The molecule has 1 rings (SSSR count). The summed E-state index contributed by atoms with van der Waals surface area (Å²) >= 11 is 0. The van der Waals surface area contributed by atoms with Crippen molar-refractivity contribution in [1.29, 1.82) is 0 Å². The SMILES string of the molecule is CC(C)C(O)c1ncc[nH]1. The lowest BCUT2D eigenvalue weighted by molar-refractivity contribution is 0.118. The first-order valence-corrected chi connectivity index (χ1v) is 3.39. The number of aromatic nitrogens is 2. The van der Waals surface area contributed by atoms with Crippen LogP contribution in [-0.4, -0.2) is 15.1 Å². The number of aromatic amines is 1. The van der Waals surface area contributed by atoms with Gasteiger partial charge in [-0.3, -0.25) is 0 Å². The van der Waals surface area contributed by atoms with E-state index in [2.05, 4.69) is 9.97 Å². The van der Waals surface area contributed by atoms with E-state index in [9.17, 15) is 5.11 Å². The van der Waals surface area contributed by atoms with Gasteiger partial charge < -0.3 is 10.1 Å². The maximum absolute atomic E-state index is 9.39. The minimum atomic E-state index is -0.463. The van der Waals surface area contributed by atoms with Crippen LogP contribution in [0.3, 0.4) is 0 Å². The largest absolute Gasteiger partial charge is 0.385 e. The molecule has 2 N–H and O–H groups in total. The molecule has 1 unspecified atom stereocenters. The average Bonchev–Trinajstić information content (AvgIpc) is 2.36. The van der Waals surface area contributed by atoms with Crippen LogP contribution in [0.15, 0.2) is 12.4 Å². The Kier molecular flexibility index (Phi) is 2.06. The molecule has 0 spiro atoms. The zero-order valence-electron chi connectivity index (χ0n) is 6.20. The lowest BCUT2D eigenvalue weighted by Crippen LogP contribution is -2.06. The van der Waals surface area contributed by atoms with Gasteiger partial charge in [0.15, 0.2) is 0 Å². The molecule has 1 aromatic rings. The van der Waals surface area contributed by atoms with Crippen molar-refractivity contribution in [2.24, 2.45) is 5.92 Å². The Bertz CT molecular complexity index is 181. The Hall–Kier alpha value is -0.830. The van der Waals surface area contributed by atoms with E-state index in [1.807, 2.05) is 13.8 Å². The molecule has 1 heterocycles. The summed E-state index contributed by atoms with van der Waals surface area (Å²) in [6.45, 7) is 3.90. The summed E-state index contributed by atoms with van der Waals surface area (Å²) in [5, 5.41) is 9.39. The maximum atomic E-state index is 9.39. The van der Waals surface area contributed by atoms with Gasteiger partial charge in [-0.15, -0.1) is 0 Å². The number of rotatable bonds is 2. The molecule has 0 bridgehead atoms. The van der Waals surface area contributed by atoms with Crippen LogP contribution in [0, 0.1) is 5.92 Å². The molecule has 3 heteroatoms. The van der Waals surface area contributed by atoms with Gasteiger partial charge in [0.1, 0.15) is 11.9 Å². The third-order valence-corrected chi connectivity index (χ3v) is 1.43. The van der Waals surface area contributed by atoms with Crippen LogP contribution in [0.5, 0.6) is 0 Å². The lowest BCUT2D eigenvalue weighted by atomic mass is 10.1. The summed E-state index contributed by atoms with van der Waals surface area (Å²) in [5.41, 5.74) is 0. The number of aliphatic hydroxyl groups is 1. The van der Waals surface area contributed by atoms with E-state index in [1.54, 1.807) is 12.4 Å². The van der Waals surface area contributed by atoms with Gasteiger partial charge in [0.25, 0.3) is 0 Å². The molecular weight excluding hydrogens is 128 g/mol. The van der Waals surface area contributed by atoms with E-state index in [4.69, 9.17) is 0 Å². The van der Waals surface area contributed by atoms with Crippen LogP contribution in [0.1, 0.15) is 25.8 Å². The van der Waals surface area contributed by atoms with Gasteiger partial charge in [0, 0.05) is 12.4 Å². The van der Waals surface area contributed by atoms with Crippen molar-refractivity contribution in [3.63, 3.8) is 0 Å². The second-order valence-electron chi connectivity index (χ2n) is 2.66. The molecule has 3 nitrogen and oxygen atoms in total. The summed E-state index contributed by atoms with van der Waals surface area (Å²) in [6, 6.07) is 0. The minimum absolute atomic E-state index is 0.214. The maximum Gasteiger partial charge on any atom is 0.135 e. The fraction of sp³-hybridized carbons (Fsp3) is 0.571. The number of hydrogen-bond acceptors (Lipinski definition) is 2. The standard InChI is InChI=1S/C7H12N2O/c1-5(2)6(10)7-8-3-4-9-7/h3-6,10H,1-2H3,(H,8,9). The number of nitrogens with zero attached hydrogens (tertiary/aromatic N) is 1. The average molecular weight is 140 g/mol. The van der Waals surface area contributed by atoms with Gasteiger partial charge in [0.05, 0.1) is 0 Å². The molecule has 56 valence electrons. The monoisotopic (exact) mass is 140 g/mol. The van der Waals surface area contributed by atoms with Gasteiger partial charge in [-0.25, -0.2) is 4.98 Å². The van der Waals surface area contributed by atoms with Crippen molar-refractivity contribution in [3.05, 3.63) is 18.2 Å². The highest BCUT2D eigenvalue weighted by Crippen LogP contribution is 2.16. The Morgan fingerprint density at radius 1 is 1.60 bits per heavy atom. The Morgan fingerprint density at radius 2 is 2.30 bits per heavy atom. The quantitative estimate of drug-likeness (QED) is 0.646. The molecule has 0 fully saturated rings. The van der Waals surface area contributed by atoms with Crippen molar-refractivity contribution in [2.45, 2.75) is 20.0 Å². The Morgan fingerprint density at radius 3 is 2.70 bits per heavy atom. The van der Waals surface area contributed by atoms with E-state index in [0.29, 0.717) is 5.82 Å². The normalized spacial score (nSPS) is 14.0. The molecule has 0 radical (unpaired) electrons. The molecule has 10 heavy (non-hydrogen) atoms. The minimum Gasteiger partial charge on any atom is -0.385 e. The summed E-state index contributed by atoms with van der Waals surface area (Å²) < 4.78 is 0. The molecular formula is C7H12N2O. The molecule has 0 saturated carbocycles.